The molecule has 1 N–H and O–H groups in total. The lowest BCUT2D eigenvalue weighted by atomic mass is 9.89. The molecule has 0 bridgehead atoms. The van der Waals surface area contributed by atoms with E-state index in [1.54, 1.807) is 0 Å². The van der Waals surface area contributed by atoms with E-state index in [9.17, 15) is 4.79 Å². The first-order valence-corrected chi connectivity index (χ1v) is 8.08. The molecule has 1 fully saturated rings. The molecular formula is C18H27NO2. The van der Waals surface area contributed by atoms with Crippen molar-refractivity contribution in [3.63, 3.8) is 0 Å². The summed E-state index contributed by atoms with van der Waals surface area (Å²) in [6.07, 6.45) is 5.03. The van der Waals surface area contributed by atoms with Crippen molar-refractivity contribution in [3.05, 3.63) is 29.8 Å². The van der Waals surface area contributed by atoms with Crippen molar-refractivity contribution in [2.75, 3.05) is 11.9 Å². The predicted octanol–water partition coefficient (Wildman–Crippen LogP) is 4.31. The first-order chi connectivity index (χ1) is 10.1. The van der Waals surface area contributed by atoms with Crippen LogP contribution in [0.1, 0.15) is 51.5 Å². The third-order valence-electron chi connectivity index (χ3n) is 4.43. The van der Waals surface area contributed by atoms with E-state index in [1.807, 2.05) is 19.1 Å². The van der Waals surface area contributed by atoms with Crippen molar-refractivity contribution in [1.82, 2.24) is 0 Å². The van der Waals surface area contributed by atoms with Crippen LogP contribution in [0, 0.1) is 12.8 Å². The Balaban J connectivity index is 2.24. The molecule has 0 aromatic heterocycles. The number of benzene rings is 1. The minimum atomic E-state index is -0.561. The Hall–Kier alpha value is -1.51. The van der Waals surface area contributed by atoms with Crippen LogP contribution in [-0.4, -0.2) is 18.1 Å². The van der Waals surface area contributed by atoms with Gasteiger partial charge >= 0.3 is 5.97 Å². The van der Waals surface area contributed by atoms with E-state index < -0.39 is 5.54 Å². The molecule has 21 heavy (non-hydrogen) atoms. The molecule has 0 heterocycles. The second-order valence-electron chi connectivity index (χ2n) is 6.33. The number of aryl methyl sites for hydroxylation is 1. The monoisotopic (exact) mass is 289 g/mol. The first-order valence-electron chi connectivity index (χ1n) is 8.08. The lowest BCUT2D eigenvalue weighted by Gasteiger charge is -2.32. The molecule has 1 aliphatic carbocycles. The Bertz CT molecular complexity index is 486. The summed E-state index contributed by atoms with van der Waals surface area (Å²) in [6, 6.07) is 8.21. The fraction of sp³-hybridized carbons (Fsp3) is 0.611. The molecule has 1 saturated carbocycles. The van der Waals surface area contributed by atoms with Crippen molar-refractivity contribution < 1.29 is 9.53 Å². The quantitative estimate of drug-likeness (QED) is 0.663. The van der Waals surface area contributed by atoms with Gasteiger partial charge in [0, 0.05) is 5.69 Å². The van der Waals surface area contributed by atoms with E-state index in [-0.39, 0.29) is 5.97 Å². The van der Waals surface area contributed by atoms with E-state index in [1.165, 1.54) is 12.0 Å². The van der Waals surface area contributed by atoms with E-state index in [2.05, 4.69) is 31.3 Å². The molecule has 2 unspecified atom stereocenters. The highest BCUT2D eigenvalue weighted by molar-refractivity contribution is 5.84. The van der Waals surface area contributed by atoms with Gasteiger partial charge in [0.25, 0.3) is 0 Å². The van der Waals surface area contributed by atoms with Crippen LogP contribution in [-0.2, 0) is 9.53 Å². The Kier molecular flexibility index (Phi) is 5.27. The number of carbonyl (C=O) groups is 1. The van der Waals surface area contributed by atoms with E-state index in [0.29, 0.717) is 12.5 Å². The van der Waals surface area contributed by atoms with Crippen molar-refractivity contribution in [3.8, 4) is 0 Å². The Morgan fingerprint density at radius 1 is 1.38 bits per heavy atom. The highest BCUT2D eigenvalue weighted by Crippen LogP contribution is 2.34. The molecule has 3 heteroatoms. The largest absolute Gasteiger partial charge is 0.464 e. The molecule has 2 atom stereocenters. The average molecular weight is 289 g/mol. The van der Waals surface area contributed by atoms with E-state index in [0.717, 1.165) is 31.4 Å². The number of rotatable bonds is 4. The van der Waals surface area contributed by atoms with Gasteiger partial charge < -0.3 is 10.1 Å². The zero-order valence-electron chi connectivity index (χ0n) is 13.4. The highest BCUT2D eigenvalue weighted by Gasteiger charge is 2.40. The summed E-state index contributed by atoms with van der Waals surface area (Å²) in [7, 11) is 0. The second-order valence-corrected chi connectivity index (χ2v) is 6.33. The number of hydrogen-bond acceptors (Lipinski definition) is 3. The van der Waals surface area contributed by atoms with Gasteiger partial charge in [-0.3, -0.25) is 0 Å². The van der Waals surface area contributed by atoms with Gasteiger partial charge in [0.05, 0.1) is 6.61 Å². The SMILES string of the molecule is CCOC(=O)C1(Nc2cccc(C)c2)CCCC(C)CC1. The van der Waals surface area contributed by atoms with Gasteiger partial charge in [-0.2, -0.15) is 0 Å². The number of carbonyl (C=O) groups excluding carboxylic acids is 1. The summed E-state index contributed by atoms with van der Waals surface area (Å²) < 4.78 is 5.38. The lowest BCUT2D eigenvalue weighted by Crippen LogP contribution is -2.47. The fourth-order valence-corrected chi connectivity index (χ4v) is 3.16. The molecular weight excluding hydrogens is 262 g/mol. The molecule has 116 valence electrons. The van der Waals surface area contributed by atoms with Gasteiger partial charge in [0.2, 0.25) is 0 Å². The van der Waals surface area contributed by atoms with E-state index >= 15 is 0 Å². The first kappa shape index (κ1) is 15.9. The number of anilines is 1. The Morgan fingerprint density at radius 2 is 2.19 bits per heavy atom. The Labute approximate surface area is 128 Å². The molecule has 1 aromatic carbocycles. The summed E-state index contributed by atoms with van der Waals surface area (Å²) in [5.41, 5.74) is 1.65. The standard InChI is InChI=1S/C18H27NO2/c1-4-21-17(20)18(11-6-8-14(2)10-12-18)19-16-9-5-7-15(3)13-16/h5,7,9,13-14,19H,4,6,8,10-12H2,1-3H3. The third-order valence-corrected chi connectivity index (χ3v) is 4.43. The van der Waals surface area contributed by atoms with Crippen LogP contribution >= 0.6 is 0 Å². The minimum absolute atomic E-state index is 0.0967. The summed E-state index contributed by atoms with van der Waals surface area (Å²) in [5.74, 6) is 0.584. The van der Waals surface area contributed by atoms with Crippen molar-refractivity contribution >= 4 is 11.7 Å². The molecule has 1 aliphatic rings. The molecule has 2 rings (SSSR count). The number of esters is 1. The summed E-state index contributed by atoms with van der Waals surface area (Å²) in [5, 5.41) is 3.51. The lowest BCUT2D eigenvalue weighted by molar-refractivity contribution is -0.149. The van der Waals surface area contributed by atoms with Gasteiger partial charge in [-0.1, -0.05) is 31.9 Å². The summed E-state index contributed by atoms with van der Waals surface area (Å²) in [6.45, 7) is 6.65. The molecule has 1 aromatic rings. The maximum Gasteiger partial charge on any atom is 0.331 e. The molecule has 0 aliphatic heterocycles. The highest BCUT2D eigenvalue weighted by atomic mass is 16.5. The fourth-order valence-electron chi connectivity index (χ4n) is 3.16. The van der Waals surface area contributed by atoms with Gasteiger partial charge in [-0.15, -0.1) is 0 Å². The van der Waals surface area contributed by atoms with Crippen LogP contribution in [0.3, 0.4) is 0 Å². The zero-order valence-corrected chi connectivity index (χ0v) is 13.4. The molecule has 0 radical (unpaired) electrons. The zero-order chi connectivity index (χ0) is 15.3. The van der Waals surface area contributed by atoms with Gasteiger partial charge in [-0.25, -0.2) is 4.79 Å². The van der Waals surface area contributed by atoms with Crippen LogP contribution < -0.4 is 5.32 Å². The molecule has 0 spiro atoms. The molecule has 0 saturated heterocycles. The topological polar surface area (TPSA) is 38.3 Å². The van der Waals surface area contributed by atoms with Gasteiger partial charge in [-0.05, 0) is 56.7 Å². The Morgan fingerprint density at radius 3 is 2.90 bits per heavy atom. The maximum absolute atomic E-state index is 12.6. The van der Waals surface area contributed by atoms with Crippen LogP contribution in [0.5, 0.6) is 0 Å². The maximum atomic E-state index is 12.6. The average Bonchev–Trinajstić information content (AvgIpc) is 2.62. The normalized spacial score (nSPS) is 26.0. The number of hydrogen-bond donors (Lipinski definition) is 1. The summed E-state index contributed by atoms with van der Waals surface area (Å²) in [4.78, 5) is 12.6. The van der Waals surface area contributed by atoms with Crippen molar-refractivity contribution in [1.29, 1.82) is 0 Å². The smallest absolute Gasteiger partial charge is 0.331 e. The van der Waals surface area contributed by atoms with Crippen LogP contribution in [0.2, 0.25) is 0 Å². The third kappa shape index (κ3) is 3.99. The van der Waals surface area contributed by atoms with Crippen LogP contribution in [0.15, 0.2) is 24.3 Å². The summed E-state index contributed by atoms with van der Waals surface area (Å²) >= 11 is 0. The second kappa shape index (κ2) is 6.97. The number of ether oxygens (including phenoxy) is 1. The van der Waals surface area contributed by atoms with E-state index in [4.69, 9.17) is 4.74 Å². The molecule has 0 amide bonds. The van der Waals surface area contributed by atoms with Crippen molar-refractivity contribution in [2.45, 2.75) is 58.4 Å². The molecule has 3 nitrogen and oxygen atoms in total. The van der Waals surface area contributed by atoms with Crippen molar-refractivity contribution in [2.24, 2.45) is 5.92 Å². The minimum Gasteiger partial charge on any atom is -0.464 e. The van der Waals surface area contributed by atoms with Crippen LogP contribution in [0.25, 0.3) is 0 Å². The number of nitrogens with one attached hydrogen (secondary N) is 1. The van der Waals surface area contributed by atoms with Gasteiger partial charge in [0.1, 0.15) is 5.54 Å². The van der Waals surface area contributed by atoms with Crippen LogP contribution in [0.4, 0.5) is 5.69 Å². The van der Waals surface area contributed by atoms with Gasteiger partial charge in [0.15, 0.2) is 0 Å². The predicted molar refractivity (Wildman–Crippen MR) is 86.4 cm³/mol.